The lowest BCUT2D eigenvalue weighted by Gasteiger charge is -2.46. The molecule has 1 spiro atoms. The molecular formula is C29H30ClNO2S. The highest BCUT2D eigenvalue weighted by atomic mass is 35.5. The Balaban J connectivity index is 1.20. The maximum Gasteiger partial charge on any atom is 0.165 e. The Morgan fingerprint density at radius 2 is 1.76 bits per heavy atom. The van der Waals surface area contributed by atoms with Gasteiger partial charge in [-0.2, -0.15) is 0 Å². The first-order valence-electron chi connectivity index (χ1n) is 12.2. The summed E-state index contributed by atoms with van der Waals surface area (Å²) in [6.45, 7) is 2.86. The van der Waals surface area contributed by atoms with Crippen molar-refractivity contribution in [1.82, 2.24) is 4.90 Å². The molecule has 5 rings (SSSR count). The van der Waals surface area contributed by atoms with Crippen molar-refractivity contribution in [2.24, 2.45) is 5.41 Å². The van der Waals surface area contributed by atoms with E-state index < -0.39 is 0 Å². The van der Waals surface area contributed by atoms with Crippen molar-refractivity contribution >= 4 is 34.9 Å². The zero-order valence-electron chi connectivity index (χ0n) is 19.3. The fraction of sp³-hybridized carbons (Fsp3) is 0.379. The van der Waals surface area contributed by atoms with E-state index in [4.69, 9.17) is 11.6 Å². The summed E-state index contributed by atoms with van der Waals surface area (Å²) in [7, 11) is 0. The van der Waals surface area contributed by atoms with Crippen LogP contribution >= 0.6 is 23.4 Å². The number of ketones is 2. The minimum Gasteiger partial charge on any atom is -0.303 e. The van der Waals surface area contributed by atoms with E-state index in [2.05, 4.69) is 29.2 Å². The number of likely N-dealkylation sites (tertiary alicyclic amines) is 1. The highest BCUT2D eigenvalue weighted by Crippen LogP contribution is 2.53. The molecule has 2 aromatic carbocycles. The van der Waals surface area contributed by atoms with Crippen LogP contribution in [0.5, 0.6) is 0 Å². The summed E-state index contributed by atoms with van der Waals surface area (Å²) in [5.41, 5.74) is 2.60. The van der Waals surface area contributed by atoms with Gasteiger partial charge in [0.25, 0.3) is 0 Å². The molecule has 1 unspecified atom stereocenters. The number of unbranched alkanes of at least 4 members (excludes halogenated alkanes) is 1. The number of thioether (sulfide) groups is 1. The maximum atomic E-state index is 13.5. The van der Waals surface area contributed by atoms with Crippen molar-refractivity contribution in [3.63, 3.8) is 0 Å². The highest BCUT2D eigenvalue weighted by Gasteiger charge is 2.48. The summed E-state index contributed by atoms with van der Waals surface area (Å²) in [5.74, 6) is 0.456. The van der Waals surface area contributed by atoms with Crippen LogP contribution in [0.3, 0.4) is 0 Å². The molecule has 1 saturated heterocycles. The maximum absolute atomic E-state index is 13.5. The van der Waals surface area contributed by atoms with Crippen molar-refractivity contribution in [2.45, 2.75) is 48.8 Å². The lowest BCUT2D eigenvalue weighted by molar-refractivity contribution is -0.116. The van der Waals surface area contributed by atoms with E-state index >= 15 is 0 Å². The normalized spacial score (nSPS) is 21.8. The number of hydrogen-bond acceptors (Lipinski definition) is 4. The van der Waals surface area contributed by atoms with Crippen molar-refractivity contribution in [1.29, 1.82) is 0 Å². The molecule has 2 heterocycles. The topological polar surface area (TPSA) is 37.4 Å². The van der Waals surface area contributed by atoms with E-state index in [-0.39, 0.29) is 22.4 Å². The second kappa shape index (κ2) is 10.2. The molecule has 1 atom stereocenters. The van der Waals surface area contributed by atoms with Gasteiger partial charge >= 0.3 is 0 Å². The minimum atomic E-state index is -0.280. The Morgan fingerprint density at radius 1 is 1.03 bits per heavy atom. The lowest BCUT2D eigenvalue weighted by Crippen LogP contribution is -2.48. The van der Waals surface area contributed by atoms with E-state index in [1.165, 1.54) is 4.90 Å². The summed E-state index contributed by atoms with van der Waals surface area (Å²) in [5, 5.41) is -0.150. The molecule has 1 aliphatic carbocycles. The SMILES string of the molecule is O=C1Cc2ccccc2SC2=C1C1(CCN(CCCCC(=O)c3ccccc3)CC1)C(Cl)C=C2. The van der Waals surface area contributed by atoms with Gasteiger partial charge in [-0.3, -0.25) is 9.59 Å². The van der Waals surface area contributed by atoms with E-state index in [0.717, 1.165) is 66.9 Å². The molecule has 0 aromatic heterocycles. The van der Waals surface area contributed by atoms with Gasteiger partial charge in [0, 0.05) is 39.2 Å². The van der Waals surface area contributed by atoms with Gasteiger partial charge in [0.05, 0.1) is 5.38 Å². The minimum absolute atomic E-state index is 0.150. The smallest absolute Gasteiger partial charge is 0.165 e. The third-order valence-electron chi connectivity index (χ3n) is 7.48. The van der Waals surface area contributed by atoms with Crippen molar-refractivity contribution in [3.8, 4) is 0 Å². The van der Waals surface area contributed by atoms with Crippen molar-refractivity contribution < 1.29 is 9.59 Å². The van der Waals surface area contributed by atoms with E-state index in [1.807, 2.05) is 42.5 Å². The number of hydrogen-bond donors (Lipinski definition) is 0. The molecule has 0 N–H and O–H groups in total. The molecule has 2 aliphatic heterocycles. The number of nitrogens with zero attached hydrogens (tertiary/aromatic N) is 1. The van der Waals surface area contributed by atoms with Crippen LogP contribution in [0, 0.1) is 5.41 Å². The Kier molecular flexibility index (Phi) is 7.10. The van der Waals surface area contributed by atoms with Crippen LogP contribution in [0.1, 0.15) is 48.0 Å². The third-order valence-corrected chi connectivity index (χ3v) is 9.22. The number of piperidine rings is 1. The van der Waals surface area contributed by atoms with Gasteiger partial charge in [-0.05, 0) is 56.9 Å². The van der Waals surface area contributed by atoms with Gasteiger partial charge < -0.3 is 4.90 Å². The number of rotatable bonds is 6. The van der Waals surface area contributed by atoms with E-state index in [9.17, 15) is 9.59 Å². The average Bonchev–Trinajstić information content (AvgIpc) is 3.01. The number of alkyl halides is 1. The van der Waals surface area contributed by atoms with Crippen LogP contribution in [0.25, 0.3) is 0 Å². The zero-order chi connectivity index (χ0) is 23.5. The zero-order valence-corrected chi connectivity index (χ0v) is 20.9. The van der Waals surface area contributed by atoms with E-state index in [1.54, 1.807) is 11.8 Å². The standard InChI is InChI=1S/C29H30ClNO2S/c30-27-14-13-26-28(24(33)20-22-10-4-5-12-25(22)34-26)29(27)15-18-31(19-16-29)17-7-6-11-23(32)21-8-2-1-3-9-21/h1-5,8-10,12-14,27H,6-7,11,15-20H2. The first-order chi connectivity index (χ1) is 16.6. The number of carbonyl (C=O) groups excluding carboxylic acids is 2. The Bertz CT molecular complexity index is 1130. The molecule has 1 fully saturated rings. The fourth-order valence-electron chi connectivity index (χ4n) is 5.54. The second-order valence-electron chi connectivity index (χ2n) is 9.55. The second-order valence-corrected chi connectivity index (χ2v) is 11.1. The van der Waals surface area contributed by atoms with E-state index in [0.29, 0.717) is 12.8 Å². The van der Waals surface area contributed by atoms with Gasteiger partial charge in [0.2, 0.25) is 0 Å². The summed E-state index contributed by atoms with van der Waals surface area (Å²) in [4.78, 5) is 30.6. The van der Waals surface area contributed by atoms with Gasteiger partial charge in [-0.25, -0.2) is 0 Å². The average molecular weight is 492 g/mol. The summed E-state index contributed by atoms with van der Waals surface area (Å²) in [6.07, 6.45) is 8.93. The highest BCUT2D eigenvalue weighted by molar-refractivity contribution is 8.03. The van der Waals surface area contributed by atoms with Crippen LogP contribution in [0.15, 0.2) is 82.1 Å². The summed E-state index contributed by atoms with van der Waals surface area (Å²) in [6, 6.07) is 17.8. The molecule has 0 amide bonds. The summed E-state index contributed by atoms with van der Waals surface area (Å²) < 4.78 is 0. The predicted molar refractivity (Wildman–Crippen MR) is 140 cm³/mol. The molecule has 3 nitrogen and oxygen atoms in total. The van der Waals surface area contributed by atoms with Crippen LogP contribution in [0.2, 0.25) is 0 Å². The molecule has 2 aromatic rings. The first-order valence-corrected chi connectivity index (χ1v) is 13.5. The van der Waals surface area contributed by atoms with Gasteiger partial charge in [-0.1, -0.05) is 72.4 Å². The Morgan fingerprint density at radius 3 is 2.56 bits per heavy atom. The number of Topliss-reactive ketones (excluding diaryl/α,β-unsaturated/α-hetero) is 2. The third kappa shape index (κ3) is 4.68. The molecular weight excluding hydrogens is 462 g/mol. The number of allylic oxidation sites excluding steroid dienone is 3. The monoisotopic (exact) mass is 491 g/mol. The molecule has 34 heavy (non-hydrogen) atoms. The van der Waals surface area contributed by atoms with Crippen LogP contribution < -0.4 is 0 Å². The fourth-order valence-corrected chi connectivity index (χ4v) is 7.16. The van der Waals surface area contributed by atoms with Crippen molar-refractivity contribution in [2.75, 3.05) is 19.6 Å². The molecule has 176 valence electrons. The largest absolute Gasteiger partial charge is 0.303 e. The molecule has 0 bridgehead atoms. The summed E-state index contributed by atoms with van der Waals surface area (Å²) >= 11 is 8.65. The molecule has 0 radical (unpaired) electrons. The van der Waals surface area contributed by atoms with Crippen LogP contribution in [0.4, 0.5) is 0 Å². The molecule has 0 saturated carbocycles. The number of halogens is 1. The lowest BCUT2D eigenvalue weighted by atomic mass is 9.66. The number of carbonyl (C=O) groups is 2. The predicted octanol–water partition coefficient (Wildman–Crippen LogP) is 6.47. The number of fused-ring (bicyclic) bond motifs is 2. The Labute approximate surface area is 211 Å². The van der Waals surface area contributed by atoms with Gasteiger partial charge in [-0.15, -0.1) is 11.6 Å². The van der Waals surface area contributed by atoms with Crippen LogP contribution in [-0.2, 0) is 11.2 Å². The van der Waals surface area contributed by atoms with Crippen molar-refractivity contribution in [3.05, 3.63) is 88.4 Å². The quantitative estimate of drug-likeness (QED) is 0.263. The first kappa shape index (κ1) is 23.6. The van der Waals surface area contributed by atoms with Gasteiger partial charge in [0.15, 0.2) is 11.6 Å². The number of benzene rings is 2. The van der Waals surface area contributed by atoms with Crippen LogP contribution in [-0.4, -0.2) is 41.5 Å². The Hall–Kier alpha value is -2.14. The molecule has 5 heteroatoms. The van der Waals surface area contributed by atoms with Gasteiger partial charge in [0.1, 0.15) is 0 Å². The molecule has 3 aliphatic rings.